The first-order valence-electron chi connectivity index (χ1n) is 11.5. The number of fused-ring (bicyclic) bond motifs is 1. The minimum atomic E-state index is -3.72. The summed E-state index contributed by atoms with van der Waals surface area (Å²) >= 11 is 1.41. The highest BCUT2D eigenvalue weighted by molar-refractivity contribution is 7.89. The van der Waals surface area contributed by atoms with Gasteiger partial charge in [-0.1, -0.05) is 44.2 Å². The molecule has 0 bridgehead atoms. The third kappa shape index (κ3) is 4.76. The van der Waals surface area contributed by atoms with Gasteiger partial charge in [0.25, 0.3) is 5.91 Å². The second-order valence-corrected chi connectivity index (χ2v) is 11.6. The average molecular weight is 499 g/mol. The van der Waals surface area contributed by atoms with Crippen molar-refractivity contribution in [2.45, 2.75) is 57.1 Å². The minimum absolute atomic E-state index is 0.102. The summed E-state index contributed by atoms with van der Waals surface area (Å²) in [7, 11) is -3.72. The lowest BCUT2D eigenvalue weighted by Gasteiger charge is -2.24. The summed E-state index contributed by atoms with van der Waals surface area (Å²) in [6.45, 7) is 6.67. The molecular formula is C26H30N2O4S2. The van der Waals surface area contributed by atoms with Crippen LogP contribution in [0.5, 0.6) is 5.75 Å². The third-order valence-electron chi connectivity index (χ3n) is 6.37. The summed E-state index contributed by atoms with van der Waals surface area (Å²) in [6.07, 6.45) is 1.34. The molecule has 1 aliphatic heterocycles. The second kappa shape index (κ2) is 9.90. The van der Waals surface area contributed by atoms with E-state index < -0.39 is 15.9 Å². The Kier molecular flexibility index (Phi) is 7.12. The Morgan fingerprint density at radius 1 is 1.18 bits per heavy atom. The highest BCUT2D eigenvalue weighted by atomic mass is 32.2. The van der Waals surface area contributed by atoms with Crippen molar-refractivity contribution in [2.75, 3.05) is 6.54 Å². The summed E-state index contributed by atoms with van der Waals surface area (Å²) in [4.78, 5) is 13.4. The fourth-order valence-electron chi connectivity index (χ4n) is 4.35. The number of nitrogens with two attached hydrogens (primary N) is 1. The van der Waals surface area contributed by atoms with Crippen molar-refractivity contribution < 1.29 is 17.9 Å². The lowest BCUT2D eigenvalue weighted by molar-refractivity contribution is 0.100. The number of hydrogen-bond donors (Lipinski definition) is 1. The zero-order valence-corrected chi connectivity index (χ0v) is 21.3. The standard InChI is InChI=1S/C26H30N2O4S2/c1-4-20-16-28(34(30,31)25-9-7-6-8-22(25)32-20)15-19-14-18(11-10-17(19)3)21(5-2)23-12-13-24(33-23)26(27)29/h6-14,20-21H,4-5,15-16H2,1-3H3,(H2,27,29)/t20-,21?/m1/s1. The van der Waals surface area contributed by atoms with Gasteiger partial charge in [-0.25, -0.2) is 8.42 Å². The van der Waals surface area contributed by atoms with Crippen molar-refractivity contribution in [1.29, 1.82) is 0 Å². The van der Waals surface area contributed by atoms with Crippen LogP contribution in [0, 0.1) is 6.92 Å². The smallest absolute Gasteiger partial charge is 0.258 e. The maximum Gasteiger partial charge on any atom is 0.258 e. The van der Waals surface area contributed by atoms with E-state index in [9.17, 15) is 13.2 Å². The van der Waals surface area contributed by atoms with E-state index in [0.29, 0.717) is 23.6 Å². The molecule has 1 aromatic heterocycles. The molecule has 3 aromatic rings. The maximum absolute atomic E-state index is 13.6. The first-order valence-corrected chi connectivity index (χ1v) is 13.7. The zero-order chi connectivity index (χ0) is 24.5. The summed E-state index contributed by atoms with van der Waals surface area (Å²) < 4.78 is 34.7. The molecule has 2 aromatic carbocycles. The Labute approximate surface area is 205 Å². The van der Waals surface area contributed by atoms with Crippen LogP contribution < -0.4 is 10.5 Å². The molecule has 6 nitrogen and oxygen atoms in total. The number of benzene rings is 2. The molecule has 8 heteroatoms. The molecule has 4 rings (SSSR count). The Balaban J connectivity index is 1.69. The lowest BCUT2D eigenvalue weighted by Crippen LogP contribution is -2.36. The SMILES string of the molecule is CCC(c1ccc(C)c(CN2C[C@@H](CC)Oc3ccccc3S2(=O)=O)c1)c1ccc(C(N)=O)s1. The maximum atomic E-state index is 13.6. The van der Waals surface area contributed by atoms with Crippen molar-refractivity contribution in [1.82, 2.24) is 4.31 Å². The number of carbonyl (C=O) groups excluding carboxylic acids is 1. The van der Waals surface area contributed by atoms with E-state index in [1.54, 1.807) is 30.3 Å². The first-order chi connectivity index (χ1) is 16.2. The van der Waals surface area contributed by atoms with Crippen molar-refractivity contribution in [2.24, 2.45) is 5.73 Å². The van der Waals surface area contributed by atoms with E-state index in [1.807, 2.05) is 26.0 Å². The van der Waals surface area contributed by atoms with Crippen molar-refractivity contribution in [3.63, 3.8) is 0 Å². The number of sulfonamides is 1. The highest BCUT2D eigenvalue weighted by Crippen LogP contribution is 2.36. The van der Waals surface area contributed by atoms with Gasteiger partial charge in [0.1, 0.15) is 16.7 Å². The number of carbonyl (C=O) groups is 1. The molecule has 1 unspecified atom stereocenters. The fraction of sp³-hybridized carbons (Fsp3) is 0.346. The molecule has 180 valence electrons. The van der Waals surface area contributed by atoms with Crippen LogP contribution in [0.15, 0.2) is 59.5 Å². The summed E-state index contributed by atoms with van der Waals surface area (Å²) in [5, 5.41) is 0. The summed E-state index contributed by atoms with van der Waals surface area (Å²) in [5.74, 6) is 0.0945. The molecule has 0 fully saturated rings. The van der Waals surface area contributed by atoms with E-state index in [0.717, 1.165) is 28.0 Å². The zero-order valence-electron chi connectivity index (χ0n) is 19.7. The van der Waals surface area contributed by atoms with Crippen LogP contribution in [-0.2, 0) is 16.6 Å². The van der Waals surface area contributed by atoms with Gasteiger partial charge in [0, 0.05) is 17.3 Å². The number of thiophene rings is 1. The predicted molar refractivity (Wildman–Crippen MR) is 135 cm³/mol. The number of aryl methyl sites for hydroxylation is 1. The molecular weight excluding hydrogens is 468 g/mol. The normalized spacial score (nSPS) is 18.5. The molecule has 0 saturated heterocycles. The molecule has 0 aliphatic carbocycles. The molecule has 2 heterocycles. The molecule has 2 atom stereocenters. The van der Waals surface area contributed by atoms with Crippen LogP contribution in [-0.4, -0.2) is 31.3 Å². The van der Waals surface area contributed by atoms with Crippen molar-refractivity contribution >= 4 is 27.3 Å². The minimum Gasteiger partial charge on any atom is -0.488 e. The Hall–Kier alpha value is -2.68. The Morgan fingerprint density at radius 3 is 2.62 bits per heavy atom. The molecule has 2 N–H and O–H groups in total. The van der Waals surface area contributed by atoms with Gasteiger partial charge in [-0.15, -0.1) is 11.3 Å². The monoisotopic (exact) mass is 498 g/mol. The fourth-order valence-corrected chi connectivity index (χ4v) is 6.99. The molecule has 34 heavy (non-hydrogen) atoms. The van der Waals surface area contributed by atoms with E-state index in [2.05, 4.69) is 19.1 Å². The molecule has 0 saturated carbocycles. The van der Waals surface area contributed by atoms with Gasteiger partial charge in [0.15, 0.2) is 0 Å². The van der Waals surface area contributed by atoms with Crippen LogP contribution in [0.1, 0.15) is 63.8 Å². The number of nitrogens with zero attached hydrogens (tertiary/aromatic N) is 1. The number of ether oxygens (including phenoxy) is 1. The van der Waals surface area contributed by atoms with E-state index in [1.165, 1.54) is 15.6 Å². The number of para-hydroxylation sites is 1. The van der Waals surface area contributed by atoms with Gasteiger partial charge in [-0.3, -0.25) is 4.79 Å². The second-order valence-electron chi connectivity index (χ2n) is 8.61. The van der Waals surface area contributed by atoms with Gasteiger partial charge in [0.2, 0.25) is 10.0 Å². The average Bonchev–Trinajstić information content (AvgIpc) is 3.27. The number of rotatable bonds is 7. The topological polar surface area (TPSA) is 89.7 Å². The summed E-state index contributed by atoms with van der Waals surface area (Å²) in [5.41, 5.74) is 8.53. The molecule has 0 radical (unpaired) electrons. The number of hydrogen-bond acceptors (Lipinski definition) is 5. The van der Waals surface area contributed by atoms with Crippen LogP contribution in [0.2, 0.25) is 0 Å². The van der Waals surface area contributed by atoms with Gasteiger partial charge < -0.3 is 10.5 Å². The molecule has 1 aliphatic rings. The van der Waals surface area contributed by atoms with E-state index in [-0.39, 0.29) is 23.5 Å². The van der Waals surface area contributed by atoms with Gasteiger partial charge in [0.05, 0.1) is 11.4 Å². The number of primary amides is 1. The van der Waals surface area contributed by atoms with Crippen molar-refractivity contribution in [3.05, 3.63) is 81.0 Å². The molecule has 1 amide bonds. The Morgan fingerprint density at radius 2 is 1.94 bits per heavy atom. The van der Waals surface area contributed by atoms with Crippen LogP contribution in [0.4, 0.5) is 0 Å². The van der Waals surface area contributed by atoms with Crippen LogP contribution >= 0.6 is 11.3 Å². The van der Waals surface area contributed by atoms with E-state index in [4.69, 9.17) is 10.5 Å². The molecule has 0 spiro atoms. The Bertz CT molecular complexity index is 1300. The van der Waals surface area contributed by atoms with Gasteiger partial charge >= 0.3 is 0 Å². The van der Waals surface area contributed by atoms with Gasteiger partial charge in [-0.05, 0) is 60.7 Å². The van der Waals surface area contributed by atoms with Crippen LogP contribution in [0.25, 0.3) is 0 Å². The predicted octanol–water partition coefficient (Wildman–Crippen LogP) is 5.06. The highest BCUT2D eigenvalue weighted by Gasteiger charge is 2.34. The van der Waals surface area contributed by atoms with Crippen molar-refractivity contribution in [3.8, 4) is 5.75 Å². The van der Waals surface area contributed by atoms with Gasteiger partial charge in [-0.2, -0.15) is 4.31 Å². The first kappa shape index (κ1) is 24.4. The largest absolute Gasteiger partial charge is 0.488 e. The number of amides is 1. The quantitative estimate of drug-likeness (QED) is 0.493. The lowest BCUT2D eigenvalue weighted by atomic mass is 9.92. The third-order valence-corrected chi connectivity index (χ3v) is 9.43. The van der Waals surface area contributed by atoms with E-state index >= 15 is 0 Å². The van der Waals surface area contributed by atoms with Crippen LogP contribution in [0.3, 0.4) is 0 Å². The summed E-state index contributed by atoms with van der Waals surface area (Å²) in [6, 6.07) is 16.8.